The average molecular weight is 406 g/mol. The molecule has 7 heteroatoms. The number of hydrogen-bond donors (Lipinski definition) is 0. The number of ether oxygens (including phenoxy) is 1. The first-order chi connectivity index (χ1) is 14.6. The van der Waals surface area contributed by atoms with Crippen molar-refractivity contribution in [1.82, 2.24) is 19.0 Å². The van der Waals surface area contributed by atoms with Crippen molar-refractivity contribution in [3.8, 4) is 5.75 Å². The lowest BCUT2D eigenvalue weighted by atomic mass is 9.94. The van der Waals surface area contributed by atoms with Gasteiger partial charge in [0.05, 0.1) is 24.1 Å². The van der Waals surface area contributed by atoms with Gasteiger partial charge < -0.3 is 9.64 Å². The van der Waals surface area contributed by atoms with Crippen LogP contribution in [0.15, 0.2) is 47.4 Å². The summed E-state index contributed by atoms with van der Waals surface area (Å²) in [5, 5.41) is 0. The topological polar surface area (TPSA) is 69.4 Å². The maximum absolute atomic E-state index is 13.5. The summed E-state index contributed by atoms with van der Waals surface area (Å²) in [4.78, 5) is 32.9. The van der Waals surface area contributed by atoms with E-state index in [2.05, 4.69) is 4.98 Å². The molecule has 2 aliphatic rings. The molecule has 2 aromatic heterocycles. The monoisotopic (exact) mass is 406 g/mol. The predicted octanol–water partition coefficient (Wildman–Crippen LogP) is 2.73. The van der Waals surface area contributed by atoms with Crippen molar-refractivity contribution in [2.45, 2.75) is 44.2 Å². The van der Waals surface area contributed by atoms with Gasteiger partial charge in [-0.1, -0.05) is 12.1 Å². The molecule has 1 amide bonds. The molecular weight excluding hydrogens is 380 g/mol. The van der Waals surface area contributed by atoms with E-state index in [0.717, 1.165) is 36.1 Å². The number of fused-ring (bicyclic) bond motifs is 1. The van der Waals surface area contributed by atoms with Gasteiger partial charge in [0.2, 0.25) is 5.91 Å². The second-order valence-electron chi connectivity index (χ2n) is 8.25. The van der Waals surface area contributed by atoms with Gasteiger partial charge in [-0.15, -0.1) is 0 Å². The SMILES string of the molecule is CCn1c(=O)n([C@@H]2CCN(C(=O)C3(c4ccc(OC)cc4)CC3)C2)c2ncccc21. The van der Waals surface area contributed by atoms with Gasteiger partial charge in [0.1, 0.15) is 5.75 Å². The molecule has 0 N–H and O–H groups in total. The van der Waals surface area contributed by atoms with Crippen molar-refractivity contribution in [2.75, 3.05) is 20.2 Å². The predicted molar refractivity (Wildman–Crippen MR) is 114 cm³/mol. The van der Waals surface area contributed by atoms with E-state index in [1.807, 2.05) is 48.2 Å². The summed E-state index contributed by atoms with van der Waals surface area (Å²) >= 11 is 0. The largest absolute Gasteiger partial charge is 0.497 e. The standard InChI is InChI=1S/C23H26N4O3/c1-3-26-19-5-4-13-24-20(19)27(22(26)29)17-10-14-25(15-17)21(28)23(11-12-23)16-6-8-18(30-2)9-7-16/h4-9,13,17H,3,10-12,14-15H2,1-2H3/t17-/m1/s1. The zero-order chi connectivity index (χ0) is 20.9. The molecule has 0 unspecified atom stereocenters. The second kappa shape index (κ2) is 7.00. The Hall–Kier alpha value is -3.09. The van der Waals surface area contributed by atoms with E-state index in [1.165, 1.54) is 0 Å². The van der Waals surface area contributed by atoms with Gasteiger partial charge in [0.15, 0.2) is 5.65 Å². The number of carbonyl (C=O) groups excluding carboxylic acids is 1. The molecule has 1 aliphatic heterocycles. The number of nitrogens with zero attached hydrogens (tertiary/aromatic N) is 4. The molecule has 0 bridgehead atoms. The summed E-state index contributed by atoms with van der Waals surface area (Å²) in [6, 6.07) is 11.6. The molecule has 1 saturated carbocycles. The van der Waals surface area contributed by atoms with Crippen LogP contribution in [0.3, 0.4) is 0 Å². The number of benzene rings is 1. The zero-order valence-electron chi connectivity index (χ0n) is 17.4. The minimum atomic E-state index is -0.415. The molecule has 1 saturated heterocycles. The number of aromatic nitrogens is 3. The quantitative estimate of drug-likeness (QED) is 0.653. The van der Waals surface area contributed by atoms with Crippen molar-refractivity contribution in [3.63, 3.8) is 0 Å². The van der Waals surface area contributed by atoms with Crippen LogP contribution in [0.1, 0.15) is 37.8 Å². The Morgan fingerprint density at radius 1 is 1.23 bits per heavy atom. The molecular formula is C23H26N4O3. The molecule has 30 heavy (non-hydrogen) atoms. The van der Waals surface area contributed by atoms with Gasteiger partial charge in [-0.25, -0.2) is 9.78 Å². The molecule has 7 nitrogen and oxygen atoms in total. The Balaban J connectivity index is 1.41. The maximum Gasteiger partial charge on any atom is 0.330 e. The zero-order valence-corrected chi connectivity index (χ0v) is 17.4. The van der Waals surface area contributed by atoms with Crippen LogP contribution in [0.25, 0.3) is 11.2 Å². The van der Waals surface area contributed by atoms with E-state index in [4.69, 9.17) is 4.74 Å². The lowest BCUT2D eigenvalue weighted by molar-refractivity contribution is -0.133. The molecule has 0 spiro atoms. The minimum absolute atomic E-state index is 0.0400. The van der Waals surface area contributed by atoms with Gasteiger partial charge in [0.25, 0.3) is 0 Å². The third kappa shape index (κ3) is 2.75. The van der Waals surface area contributed by atoms with Crippen molar-refractivity contribution in [3.05, 3.63) is 58.6 Å². The number of likely N-dealkylation sites (tertiary alicyclic amines) is 1. The molecule has 1 atom stereocenters. The van der Waals surface area contributed by atoms with Crippen LogP contribution in [0.2, 0.25) is 0 Å². The fourth-order valence-electron chi connectivity index (χ4n) is 4.84. The number of methoxy groups -OCH3 is 1. The number of aryl methyl sites for hydroxylation is 1. The highest BCUT2D eigenvalue weighted by Crippen LogP contribution is 2.50. The highest BCUT2D eigenvalue weighted by Gasteiger charge is 2.53. The Morgan fingerprint density at radius 3 is 2.67 bits per heavy atom. The Labute approximate surface area is 174 Å². The molecule has 3 heterocycles. The molecule has 156 valence electrons. The second-order valence-corrected chi connectivity index (χ2v) is 8.25. The first-order valence-electron chi connectivity index (χ1n) is 10.6. The summed E-state index contributed by atoms with van der Waals surface area (Å²) in [6.07, 6.45) is 4.23. The fraction of sp³-hybridized carbons (Fsp3) is 0.435. The third-order valence-corrected chi connectivity index (χ3v) is 6.66. The Morgan fingerprint density at radius 2 is 2.00 bits per heavy atom. The van der Waals surface area contributed by atoms with Gasteiger partial charge >= 0.3 is 5.69 Å². The average Bonchev–Trinajstić information content (AvgIpc) is 3.36. The smallest absolute Gasteiger partial charge is 0.330 e. The molecule has 3 aromatic rings. The van der Waals surface area contributed by atoms with Gasteiger partial charge in [-0.2, -0.15) is 0 Å². The van der Waals surface area contributed by atoms with Crippen molar-refractivity contribution < 1.29 is 9.53 Å². The summed E-state index contributed by atoms with van der Waals surface area (Å²) in [5.41, 5.74) is 2.16. The van der Waals surface area contributed by atoms with Crippen LogP contribution in [0, 0.1) is 0 Å². The number of amides is 1. The Bertz CT molecular complexity index is 1160. The lowest BCUT2D eigenvalue weighted by Crippen LogP contribution is -2.38. The molecule has 1 aromatic carbocycles. The maximum atomic E-state index is 13.5. The summed E-state index contributed by atoms with van der Waals surface area (Å²) in [6.45, 7) is 3.79. The molecule has 5 rings (SSSR count). The van der Waals surface area contributed by atoms with Crippen LogP contribution in [0.5, 0.6) is 5.75 Å². The van der Waals surface area contributed by atoms with Crippen LogP contribution in [-0.2, 0) is 16.8 Å². The normalized spacial score (nSPS) is 19.9. The van der Waals surface area contributed by atoms with E-state index in [-0.39, 0.29) is 17.6 Å². The Kier molecular flexibility index (Phi) is 4.41. The molecule has 2 fully saturated rings. The fourth-order valence-corrected chi connectivity index (χ4v) is 4.84. The van der Waals surface area contributed by atoms with Gasteiger partial charge in [-0.05, 0) is 56.0 Å². The van der Waals surface area contributed by atoms with E-state index in [0.29, 0.717) is 25.3 Å². The van der Waals surface area contributed by atoms with Crippen LogP contribution in [0.4, 0.5) is 0 Å². The number of hydrogen-bond acceptors (Lipinski definition) is 4. The van der Waals surface area contributed by atoms with Gasteiger partial charge in [-0.3, -0.25) is 13.9 Å². The van der Waals surface area contributed by atoms with Crippen LogP contribution in [-0.4, -0.2) is 45.1 Å². The van der Waals surface area contributed by atoms with Crippen molar-refractivity contribution in [1.29, 1.82) is 0 Å². The van der Waals surface area contributed by atoms with E-state index in [9.17, 15) is 9.59 Å². The van der Waals surface area contributed by atoms with E-state index < -0.39 is 5.41 Å². The number of carbonyl (C=O) groups is 1. The van der Waals surface area contributed by atoms with Crippen molar-refractivity contribution in [2.24, 2.45) is 0 Å². The molecule has 1 aliphatic carbocycles. The third-order valence-electron chi connectivity index (χ3n) is 6.66. The first kappa shape index (κ1) is 18.9. The first-order valence-corrected chi connectivity index (χ1v) is 10.6. The summed E-state index contributed by atoms with van der Waals surface area (Å²) in [7, 11) is 1.64. The van der Waals surface area contributed by atoms with Crippen LogP contribution < -0.4 is 10.4 Å². The minimum Gasteiger partial charge on any atom is -0.497 e. The highest BCUT2D eigenvalue weighted by atomic mass is 16.5. The number of imidazole rings is 1. The summed E-state index contributed by atoms with van der Waals surface area (Å²) in [5.74, 6) is 0.970. The van der Waals surface area contributed by atoms with E-state index in [1.54, 1.807) is 22.4 Å². The number of pyridine rings is 1. The van der Waals surface area contributed by atoms with E-state index >= 15 is 0 Å². The molecule has 0 radical (unpaired) electrons. The summed E-state index contributed by atoms with van der Waals surface area (Å²) < 4.78 is 8.79. The van der Waals surface area contributed by atoms with Crippen LogP contribution >= 0.6 is 0 Å². The van der Waals surface area contributed by atoms with Crippen molar-refractivity contribution >= 4 is 17.1 Å². The lowest BCUT2D eigenvalue weighted by Gasteiger charge is -2.24. The highest BCUT2D eigenvalue weighted by molar-refractivity contribution is 5.91. The number of rotatable bonds is 5. The van der Waals surface area contributed by atoms with Gasteiger partial charge in [0, 0.05) is 25.8 Å².